The van der Waals surface area contributed by atoms with Crippen molar-refractivity contribution in [3.8, 4) is 5.69 Å². The summed E-state index contributed by atoms with van der Waals surface area (Å²) < 4.78 is 1.53. The van der Waals surface area contributed by atoms with Crippen LogP contribution in [-0.2, 0) is 4.79 Å². The Labute approximate surface area is 120 Å². The molecule has 0 saturated carbocycles. The maximum absolute atomic E-state index is 11.9. The number of benzene rings is 1. The Hall–Kier alpha value is -2.27. The predicted molar refractivity (Wildman–Crippen MR) is 77.4 cm³/mol. The molecule has 104 valence electrons. The number of aromatic amines is 1. The van der Waals surface area contributed by atoms with Gasteiger partial charge in [-0.25, -0.2) is 0 Å². The maximum Gasteiger partial charge on any atom is 0.275 e. The van der Waals surface area contributed by atoms with Gasteiger partial charge in [-0.3, -0.25) is 19.4 Å². The van der Waals surface area contributed by atoms with Gasteiger partial charge in [0, 0.05) is 11.1 Å². The minimum atomic E-state index is -0.465. The molecule has 0 aliphatic carbocycles. The lowest BCUT2D eigenvalue weighted by molar-refractivity contribution is -0.112. The van der Waals surface area contributed by atoms with Gasteiger partial charge in [-0.1, -0.05) is 11.6 Å². The third kappa shape index (κ3) is 2.67. The molecule has 0 atom stereocenters. The molecule has 1 aromatic carbocycles. The highest BCUT2D eigenvalue weighted by molar-refractivity contribution is 6.30. The van der Waals surface area contributed by atoms with Crippen LogP contribution in [0.1, 0.15) is 18.2 Å². The molecular formula is C14H13ClN2O3. The summed E-state index contributed by atoms with van der Waals surface area (Å²) >= 11 is 5.82. The van der Waals surface area contributed by atoms with Gasteiger partial charge >= 0.3 is 0 Å². The fourth-order valence-electron chi connectivity index (χ4n) is 1.93. The van der Waals surface area contributed by atoms with Gasteiger partial charge in [-0.05, 0) is 38.1 Å². The van der Waals surface area contributed by atoms with E-state index in [0.717, 1.165) is 6.08 Å². The highest BCUT2D eigenvalue weighted by atomic mass is 35.5. The number of nitrogens with zero attached hydrogens (tertiary/aromatic N) is 1. The molecule has 0 bridgehead atoms. The Balaban J connectivity index is 2.57. The quantitative estimate of drug-likeness (QED) is 0.674. The van der Waals surface area contributed by atoms with E-state index in [0.29, 0.717) is 16.4 Å². The second-order valence-corrected chi connectivity index (χ2v) is 4.79. The Morgan fingerprint density at radius 2 is 1.95 bits per heavy atom. The second kappa shape index (κ2) is 5.38. The zero-order valence-electron chi connectivity index (χ0n) is 11.0. The normalized spacial score (nSPS) is 11.7. The summed E-state index contributed by atoms with van der Waals surface area (Å²) in [6.07, 6.45) is 1.02. The van der Waals surface area contributed by atoms with Gasteiger partial charge in [-0.15, -0.1) is 0 Å². The van der Waals surface area contributed by atoms with Gasteiger partial charge < -0.3 is 5.11 Å². The van der Waals surface area contributed by atoms with Crippen LogP contribution in [-0.4, -0.2) is 20.7 Å². The number of ketones is 1. The standard InChI is InChI=1S/C14H13ClN2O3/c1-8(18)7-12(19)13-9(2)17(16-14(13)20)11-5-3-10(15)4-6-11/h3-7,19H,1-2H3,(H,16,20)/b12-7-. The van der Waals surface area contributed by atoms with Gasteiger partial charge in [0.05, 0.1) is 11.4 Å². The monoisotopic (exact) mass is 292 g/mol. The molecule has 0 amide bonds. The molecule has 0 aliphatic heterocycles. The fourth-order valence-corrected chi connectivity index (χ4v) is 2.06. The largest absolute Gasteiger partial charge is 0.507 e. The Morgan fingerprint density at radius 3 is 2.50 bits per heavy atom. The van der Waals surface area contributed by atoms with E-state index in [9.17, 15) is 14.7 Å². The van der Waals surface area contributed by atoms with Crippen LogP contribution >= 0.6 is 11.6 Å². The van der Waals surface area contributed by atoms with E-state index in [4.69, 9.17) is 11.6 Å². The van der Waals surface area contributed by atoms with Crippen LogP contribution in [0.5, 0.6) is 0 Å². The van der Waals surface area contributed by atoms with Crippen molar-refractivity contribution in [1.29, 1.82) is 0 Å². The molecule has 0 saturated heterocycles. The first-order valence-corrected chi connectivity index (χ1v) is 6.27. The molecular weight excluding hydrogens is 280 g/mol. The first kappa shape index (κ1) is 14.1. The summed E-state index contributed by atoms with van der Waals surface area (Å²) in [7, 11) is 0. The van der Waals surface area contributed by atoms with Crippen LogP contribution in [0.4, 0.5) is 0 Å². The van der Waals surface area contributed by atoms with Crippen LogP contribution in [0, 0.1) is 6.92 Å². The van der Waals surface area contributed by atoms with Gasteiger partial charge in [0.2, 0.25) is 0 Å². The Bertz CT molecular complexity index is 739. The minimum Gasteiger partial charge on any atom is -0.507 e. The minimum absolute atomic E-state index is 0.0788. The zero-order valence-corrected chi connectivity index (χ0v) is 11.7. The van der Waals surface area contributed by atoms with E-state index in [2.05, 4.69) is 5.10 Å². The van der Waals surface area contributed by atoms with Crippen LogP contribution in [0.25, 0.3) is 11.4 Å². The Morgan fingerprint density at radius 1 is 1.35 bits per heavy atom. The lowest BCUT2D eigenvalue weighted by atomic mass is 10.2. The van der Waals surface area contributed by atoms with E-state index >= 15 is 0 Å². The molecule has 5 nitrogen and oxygen atoms in total. The van der Waals surface area contributed by atoms with E-state index in [1.54, 1.807) is 31.2 Å². The van der Waals surface area contributed by atoms with Crippen molar-refractivity contribution in [2.75, 3.05) is 0 Å². The lowest BCUT2D eigenvalue weighted by Gasteiger charge is -2.06. The number of hydrogen-bond acceptors (Lipinski definition) is 3. The van der Waals surface area contributed by atoms with Crippen LogP contribution in [0.3, 0.4) is 0 Å². The number of carbonyl (C=O) groups is 1. The molecule has 1 aromatic heterocycles. The maximum atomic E-state index is 11.9. The van der Waals surface area contributed by atoms with E-state index in [1.165, 1.54) is 11.6 Å². The van der Waals surface area contributed by atoms with E-state index in [1.807, 2.05) is 0 Å². The summed E-state index contributed by atoms with van der Waals surface area (Å²) in [6, 6.07) is 6.86. The SMILES string of the molecule is CC(=O)/C=C(\O)c1c(C)n(-c2ccc(Cl)cc2)[nH]c1=O. The van der Waals surface area contributed by atoms with Crippen molar-refractivity contribution < 1.29 is 9.90 Å². The lowest BCUT2D eigenvalue weighted by Crippen LogP contribution is -2.07. The molecule has 1 heterocycles. The van der Waals surface area contributed by atoms with Crippen molar-refractivity contribution in [2.24, 2.45) is 0 Å². The molecule has 2 N–H and O–H groups in total. The number of aliphatic hydroxyl groups excluding tert-OH is 1. The zero-order chi connectivity index (χ0) is 14.9. The summed E-state index contributed by atoms with van der Waals surface area (Å²) in [5, 5.41) is 13.0. The molecule has 0 fully saturated rings. The van der Waals surface area contributed by atoms with Crippen LogP contribution in [0.15, 0.2) is 35.1 Å². The third-order valence-corrected chi connectivity index (χ3v) is 3.07. The van der Waals surface area contributed by atoms with Gasteiger partial charge in [-0.2, -0.15) is 0 Å². The van der Waals surface area contributed by atoms with E-state index < -0.39 is 5.56 Å². The van der Waals surface area contributed by atoms with Crippen LogP contribution in [0.2, 0.25) is 5.02 Å². The number of rotatable bonds is 3. The molecule has 0 unspecified atom stereocenters. The molecule has 0 spiro atoms. The summed E-state index contributed by atoms with van der Waals surface area (Å²) in [4.78, 5) is 22.9. The van der Waals surface area contributed by atoms with Crippen LogP contribution < -0.4 is 5.56 Å². The summed E-state index contributed by atoms with van der Waals surface area (Å²) in [6.45, 7) is 2.97. The van der Waals surface area contributed by atoms with Gasteiger partial charge in [0.15, 0.2) is 5.78 Å². The average molecular weight is 293 g/mol. The molecule has 6 heteroatoms. The van der Waals surface area contributed by atoms with Crippen molar-refractivity contribution in [3.63, 3.8) is 0 Å². The third-order valence-electron chi connectivity index (χ3n) is 2.82. The van der Waals surface area contributed by atoms with Crippen molar-refractivity contribution in [3.05, 3.63) is 57.0 Å². The van der Waals surface area contributed by atoms with Gasteiger partial charge in [0.1, 0.15) is 11.3 Å². The van der Waals surface area contributed by atoms with Crippen molar-refractivity contribution in [2.45, 2.75) is 13.8 Å². The number of carbonyl (C=O) groups excluding carboxylic acids is 1. The molecule has 2 aromatic rings. The first-order chi connectivity index (χ1) is 9.40. The molecule has 20 heavy (non-hydrogen) atoms. The highest BCUT2D eigenvalue weighted by Crippen LogP contribution is 2.18. The molecule has 2 rings (SSSR count). The summed E-state index contributed by atoms with van der Waals surface area (Å²) in [5.74, 6) is -0.676. The number of nitrogens with one attached hydrogen (secondary N) is 1. The number of H-pyrrole nitrogens is 1. The van der Waals surface area contributed by atoms with Crippen molar-refractivity contribution >= 4 is 23.1 Å². The average Bonchev–Trinajstić information content (AvgIpc) is 2.65. The smallest absolute Gasteiger partial charge is 0.275 e. The molecule has 0 radical (unpaired) electrons. The van der Waals surface area contributed by atoms with E-state index in [-0.39, 0.29) is 17.1 Å². The highest BCUT2D eigenvalue weighted by Gasteiger charge is 2.16. The van der Waals surface area contributed by atoms with Gasteiger partial charge in [0.25, 0.3) is 5.56 Å². The summed E-state index contributed by atoms with van der Waals surface area (Å²) in [5.41, 5.74) is 0.820. The predicted octanol–water partition coefficient (Wildman–Crippen LogP) is 2.62. The number of halogens is 1. The number of aromatic nitrogens is 2. The fraction of sp³-hybridized carbons (Fsp3) is 0.143. The Kier molecular flexibility index (Phi) is 3.81. The number of allylic oxidation sites excluding steroid dienone is 1. The first-order valence-electron chi connectivity index (χ1n) is 5.89. The second-order valence-electron chi connectivity index (χ2n) is 4.35. The topological polar surface area (TPSA) is 75.1 Å². The number of aliphatic hydroxyl groups is 1. The van der Waals surface area contributed by atoms with Crippen molar-refractivity contribution in [1.82, 2.24) is 9.78 Å². The molecule has 0 aliphatic rings. The number of hydrogen-bond donors (Lipinski definition) is 2.